The summed E-state index contributed by atoms with van der Waals surface area (Å²) in [5.41, 5.74) is 2.03. The van der Waals surface area contributed by atoms with Crippen molar-refractivity contribution in [2.75, 3.05) is 7.11 Å². The van der Waals surface area contributed by atoms with Gasteiger partial charge in [0.05, 0.1) is 12.0 Å². The smallest absolute Gasteiger partial charge is 0.289 e. The van der Waals surface area contributed by atoms with E-state index in [1.54, 1.807) is 12.1 Å². The minimum Gasteiger partial charge on any atom is -0.496 e. The summed E-state index contributed by atoms with van der Waals surface area (Å²) in [6.07, 6.45) is 3.82. The number of benzene rings is 2. The molecule has 1 aromatic heterocycles. The molecule has 0 atom stereocenters. The summed E-state index contributed by atoms with van der Waals surface area (Å²) in [6, 6.07) is 15.1. The Morgan fingerprint density at radius 3 is 2.70 bits per heavy atom. The summed E-state index contributed by atoms with van der Waals surface area (Å²) in [4.78, 5) is 4.84. The van der Waals surface area contributed by atoms with Crippen LogP contribution in [0.3, 0.4) is 0 Å². The molecule has 0 aliphatic heterocycles. The quantitative estimate of drug-likeness (QED) is 0.495. The number of ether oxygens (including phenoxy) is 1. The van der Waals surface area contributed by atoms with Gasteiger partial charge in [0, 0.05) is 5.75 Å². The van der Waals surface area contributed by atoms with Gasteiger partial charge < -0.3 is 4.74 Å². The Kier molecular flexibility index (Phi) is 6.89. The van der Waals surface area contributed by atoms with Gasteiger partial charge in [0.25, 0.3) is 5.76 Å². The van der Waals surface area contributed by atoms with Crippen LogP contribution in [0.5, 0.6) is 5.75 Å². The van der Waals surface area contributed by atoms with E-state index in [0.717, 1.165) is 11.1 Å². The zero-order chi connectivity index (χ0) is 19.1. The van der Waals surface area contributed by atoms with Crippen LogP contribution in [0, 0.1) is 0 Å². The first kappa shape index (κ1) is 19.4. The Hall–Kier alpha value is -2.32. The number of nitrogens with one attached hydrogen (secondary N) is 1. The molecule has 0 radical (unpaired) electrons. The zero-order valence-corrected chi connectivity index (χ0v) is 16.1. The van der Waals surface area contributed by atoms with Gasteiger partial charge in [-0.25, -0.2) is 4.98 Å². The predicted octanol–water partition coefficient (Wildman–Crippen LogP) is 5.59. The fourth-order valence-electron chi connectivity index (χ4n) is 2.28. The normalized spacial score (nSPS) is 11.4. The predicted molar refractivity (Wildman–Crippen MR) is 106 cm³/mol. The summed E-state index contributed by atoms with van der Waals surface area (Å²) < 4.78 is 30.3. The number of hydrogen-bond acceptors (Lipinski definition) is 5. The van der Waals surface area contributed by atoms with E-state index >= 15 is 0 Å². The molecule has 8 heteroatoms. The first-order valence-electron chi connectivity index (χ1n) is 8.04. The molecule has 27 heavy (non-hydrogen) atoms. The molecule has 2 aromatic carbocycles. The number of H-pyrrole nitrogens is 1. The molecular formula is C19H17F2N3OS2. The SMILES string of the molecule is COc1cc(CSc2n[nH]c(/C=C/c3ccccc3)n2)ccc1SC(F)F. The van der Waals surface area contributed by atoms with Crippen molar-refractivity contribution in [2.24, 2.45) is 0 Å². The van der Waals surface area contributed by atoms with Crippen molar-refractivity contribution in [3.63, 3.8) is 0 Å². The van der Waals surface area contributed by atoms with Gasteiger partial charge in [-0.1, -0.05) is 66.0 Å². The molecule has 0 spiro atoms. The topological polar surface area (TPSA) is 50.8 Å². The summed E-state index contributed by atoms with van der Waals surface area (Å²) >= 11 is 1.93. The van der Waals surface area contributed by atoms with Crippen LogP contribution in [0.15, 0.2) is 58.6 Å². The lowest BCUT2D eigenvalue weighted by atomic mass is 10.2. The highest BCUT2D eigenvalue weighted by atomic mass is 32.2. The molecule has 0 fully saturated rings. The molecule has 140 valence electrons. The van der Waals surface area contributed by atoms with Crippen LogP contribution in [0.25, 0.3) is 12.2 Å². The molecular weight excluding hydrogens is 388 g/mol. The summed E-state index contributed by atoms with van der Waals surface area (Å²) in [7, 11) is 1.47. The summed E-state index contributed by atoms with van der Waals surface area (Å²) in [5.74, 6) is -0.757. The molecule has 0 aliphatic rings. The van der Waals surface area contributed by atoms with E-state index in [2.05, 4.69) is 15.2 Å². The second-order valence-corrected chi connectivity index (χ2v) is 7.37. The van der Waals surface area contributed by atoms with Crippen LogP contribution >= 0.6 is 23.5 Å². The van der Waals surface area contributed by atoms with Crippen LogP contribution in [0.1, 0.15) is 17.0 Å². The number of rotatable bonds is 8. The summed E-state index contributed by atoms with van der Waals surface area (Å²) in [6.45, 7) is 0. The maximum atomic E-state index is 12.6. The lowest BCUT2D eigenvalue weighted by Crippen LogP contribution is -1.91. The number of aromatic nitrogens is 3. The Morgan fingerprint density at radius 1 is 1.15 bits per heavy atom. The molecule has 1 N–H and O–H groups in total. The molecule has 3 rings (SSSR count). The zero-order valence-electron chi connectivity index (χ0n) is 14.4. The van der Waals surface area contributed by atoms with Crippen LogP contribution < -0.4 is 4.74 Å². The van der Waals surface area contributed by atoms with Crippen molar-refractivity contribution in [3.8, 4) is 5.75 Å². The highest BCUT2D eigenvalue weighted by Gasteiger charge is 2.12. The van der Waals surface area contributed by atoms with Gasteiger partial charge in [-0.3, -0.25) is 5.10 Å². The first-order valence-corrected chi connectivity index (χ1v) is 9.90. The molecule has 0 amide bonds. The number of aromatic amines is 1. The Bertz CT molecular complexity index is 901. The largest absolute Gasteiger partial charge is 0.496 e. The fraction of sp³-hybridized carbons (Fsp3) is 0.158. The second-order valence-electron chi connectivity index (χ2n) is 5.40. The third kappa shape index (κ3) is 5.83. The number of nitrogens with zero attached hydrogens (tertiary/aromatic N) is 2. The highest BCUT2D eigenvalue weighted by molar-refractivity contribution is 7.99. The minimum atomic E-state index is -2.48. The van der Waals surface area contributed by atoms with Crippen molar-refractivity contribution in [3.05, 3.63) is 65.5 Å². The van der Waals surface area contributed by atoms with Gasteiger partial charge >= 0.3 is 0 Å². The van der Waals surface area contributed by atoms with Crippen molar-refractivity contribution in [1.82, 2.24) is 15.2 Å². The van der Waals surface area contributed by atoms with Gasteiger partial charge in [-0.05, 0) is 29.3 Å². The number of alkyl halides is 2. The lowest BCUT2D eigenvalue weighted by molar-refractivity contribution is 0.251. The Labute approximate surface area is 164 Å². The van der Waals surface area contributed by atoms with Crippen LogP contribution in [0.2, 0.25) is 0 Å². The van der Waals surface area contributed by atoms with Gasteiger partial charge in [0.1, 0.15) is 11.6 Å². The van der Waals surface area contributed by atoms with E-state index in [1.807, 2.05) is 48.6 Å². The molecule has 0 saturated carbocycles. The summed E-state index contributed by atoms with van der Waals surface area (Å²) in [5, 5.41) is 7.69. The van der Waals surface area contributed by atoms with E-state index in [1.165, 1.54) is 18.9 Å². The van der Waals surface area contributed by atoms with Gasteiger partial charge in [-0.15, -0.1) is 5.10 Å². The second kappa shape index (κ2) is 9.57. The van der Waals surface area contributed by atoms with E-state index in [9.17, 15) is 8.78 Å². The maximum Gasteiger partial charge on any atom is 0.289 e. The fourth-order valence-corrected chi connectivity index (χ4v) is 3.62. The van der Waals surface area contributed by atoms with Crippen LogP contribution in [-0.4, -0.2) is 28.0 Å². The van der Waals surface area contributed by atoms with Gasteiger partial charge in [-0.2, -0.15) is 8.78 Å². The van der Waals surface area contributed by atoms with E-state index in [4.69, 9.17) is 4.74 Å². The molecule has 0 bridgehead atoms. The maximum absolute atomic E-state index is 12.6. The average molecular weight is 405 g/mol. The standard InChI is InChI=1S/C19H17F2N3OS2/c1-25-15-11-14(7-9-16(15)27-18(20)21)12-26-19-22-17(23-24-19)10-8-13-5-3-2-4-6-13/h2-11,18H,12H2,1H3,(H,22,23,24)/b10-8+. The van der Waals surface area contributed by atoms with Crippen LogP contribution in [-0.2, 0) is 5.75 Å². The number of thioether (sulfide) groups is 2. The molecule has 0 aliphatic carbocycles. The monoisotopic (exact) mass is 405 g/mol. The molecule has 3 aromatic rings. The molecule has 0 unspecified atom stereocenters. The third-order valence-electron chi connectivity index (χ3n) is 3.53. The van der Waals surface area contributed by atoms with E-state index < -0.39 is 5.76 Å². The van der Waals surface area contributed by atoms with Gasteiger partial charge in [0.2, 0.25) is 5.16 Å². The van der Waals surface area contributed by atoms with Gasteiger partial charge in [0.15, 0.2) is 0 Å². The molecule has 1 heterocycles. The molecule has 4 nitrogen and oxygen atoms in total. The third-order valence-corrected chi connectivity index (χ3v) is 5.22. The Balaban J connectivity index is 1.60. The van der Waals surface area contributed by atoms with Crippen molar-refractivity contribution < 1.29 is 13.5 Å². The van der Waals surface area contributed by atoms with Crippen molar-refractivity contribution in [2.45, 2.75) is 21.6 Å². The average Bonchev–Trinajstić information content (AvgIpc) is 3.14. The molecule has 0 saturated heterocycles. The van der Waals surface area contributed by atoms with Crippen LogP contribution in [0.4, 0.5) is 8.78 Å². The van der Waals surface area contributed by atoms with E-state index in [-0.39, 0.29) is 0 Å². The highest BCUT2D eigenvalue weighted by Crippen LogP contribution is 2.35. The minimum absolute atomic E-state index is 0.424. The number of hydrogen-bond donors (Lipinski definition) is 1. The first-order chi connectivity index (χ1) is 13.1. The van der Waals surface area contributed by atoms with E-state index in [0.29, 0.717) is 39.1 Å². The van der Waals surface area contributed by atoms with Crippen molar-refractivity contribution in [1.29, 1.82) is 0 Å². The lowest BCUT2D eigenvalue weighted by Gasteiger charge is -2.09. The van der Waals surface area contributed by atoms with Crippen molar-refractivity contribution >= 4 is 35.7 Å². The Morgan fingerprint density at radius 2 is 1.96 bits per heavy atom. The number of halogens is 2. The number of methoxy groups -OCH3 is 1.